The standard InChI is InChI=1S/Al.Mg.H2OSi.5H/c;;1-2;;;;;/h;;2H2;;;;;/q;+2;;;;;2*-1. The molecule has 0 rings (SSSR count). The predicted molar refractivity (Wildman–Crippen MR) is 27.1 cm³/mol. The molecule has 0 amide bonds. The van der Waals surface area contributed by atoms with E-state index in [9.17, 15) is 0 Å². The van der Waals surface area contributed by atoms with Crippen molar-refractivity contribution in [2.45, 2.75) is 0 Å². The van der Waals surface area contributed by atoms with Gasteiger partial charge in [0.05, 0.1) is 0 Å². The zero-order valence-corrected chi connectivity index (χ0v) is 4.65. The molecule has 4 heteroatoms. The average molecular weight is 102 g/mol. The normalized spacial score (nSPS) is 1.00. The van der Waals surface area contributed by atoms with Gasteiger partial charge in [0.15, 0.2) is 17.4 Å². The van der Waals surface area contributed by atoms with Gasteiger partial charge in [0, 0.05) is 0 Å². The Bertz CT molecular complexity index is 13.5. The van der Waals surface area contributed by atoms with E-state index in [1.165, 1.54) is 0 Å². The summed E-state index contributed by atoms with van der Waals surface area (Å²) in [5.41, 5.74) is 0. The van der Waals surface area contributed by atoms with Crippen LogP contribution >= 0.6 is 0 Å². The van der Waals surface area contributed by atoms with Gasteiger partial charge in [-0.15, -0.1) is 0 Å². The minimum Gasteiger partial charge on any atom is -1.00 e. The molecule has 0 atom stereocenters. The van der Waals surface area contributed by atoms with Gasteiger partial charge in [-0.25, -0.2) is 0 Å². The van der Waals surface area contributed by atoms with Crippen molar-refractivity contribution >= 4 is 50.5 Å². The quantitative estimate of drug-likeness (QED) is 0.312. The Hall–Kier alpha value is 1.32. The SMILES string of the molecule is O=[SiH2].[AlH3].[H-].[H-].[Mg+2]. The Morgan fingerprint density at radius 2 is 1.50 bits per heavy atom. The summed E-state index contributed by atoms with van der Waals surface area (Å²) in [6, 6.07) is 0. The summed E-state index contributed by atoms with van der Waals surface area (Å²) >= 11 is 0. The topological polar surface area (TPSA) is 17.1 Å². The van der Waals surface area contributed by atoms with E-state index in [-0.39, 0.29) is 43.3 Å². The molecule has 1 nitrogen and oxygen atoms in total. The molecule has 0 unspecified atom stereocenters. The maximum Gasteiger partial charge on any atom is 2.00 e. The van der Waals surface area contributed by atoms with E-state index in [4.69, 9.17) is 4.46 Å². The van der Waals surface area contributed by atoms with Gasteiger partial charge >= 0.3 is 23.1 Å². The molecule has 22 valence electrons. The Balaban J connectivity index is -0.000000000833. The van der Waals surface area contributed by atoms with Gasteiger partial charge in [0.2, 0.25) is 10.1 Å². The van der Waals surface area contributed by atoms with Crippen molar-refractivity contribution in [2.75, 3.05) is 0 Å². The van der Waals surface area contributed by atoms with Crippen LogP contribution in [0, 0.1) is 0 Å². The molecule has 0 aromatic heterocycles. The van der Waals surface area contributed by atoms with Crippen LogP contribution in [-0.2, 0) is 4.46 Å². The molecule has 0 N–H and O–H groups in total. The maximum atomic E-state index is 8.28. The van der Waals surface area contributed by atoms with Crippen molar-refractivity contribution < 1.29 is 7.32 Å². The molecule has 0 aliphatic heterocycles. The zero-order chi connectivity index (χ0) is 2.00. The van der Waals surface area contributed by atoms with Gasteiger partial charge < -0.3 is 7.32 Å². The smallest absolute Gasteiger partial charge is 1.00 e. The van der Waals surface area contributed by atoms with Gasteiger partial charge in [-0.2, -0.15) is 0 Å². The van der Waals surface area contributed by atoms with Gasteiger partial charge in [-0.05, 0) is 0 Å². The molecule has 0 aliphatic carbocycles. The van der Waals surface area contributed by atoms with Crippen LogP contribution in [0.1, 0.15) is 2.85 Å². The third-order valence-electron chi connectivity index (χ3n) is 0. The van der Waals surface area contributed by atoms with Gasteiger partial charge in [0.1, 0.15) is 0 Å². The largest absolute Gasteiger partial charge is 2.00 e. The first-order valence-electron chi connectivity index (χ1n) is 0.289. The van der Waals surface area contributed by atoms with Crippen LogP contribution in [0.4, 0.5) is 0 Å². The second kappa shape index (κ2) is 27.4. The first-order chi connectivity index (χ1) is 1.00. The maximum absolute atomic E-state index is 8.28. The van der Waals surface area contributed by atoms with Crippen molar-refractivity contribution in [2.24, 2.45) is 0 Å². The molecule has 0 radical (unpaired) electrons. The van der Waals surface area contributed by atoms with E-state index in [2.05, 4.69) is 0 Å². The van der Waals surface area contributed by atoms with Crippen LogP contribution in [0.3, 0.4) is 0 Å². The summed E-state index contributed by atoms with van der Waals surface area (Å²) in [4.78, 5) is 0. The van der Waals surface area contributed by atoms with E-state index in [0.29, 0.717) is 10.1 Å². The summed E-state index contributed by atoms with van der Waals surface area (Å²) < 4.78 is 8.28. The summed E-state index contributed by atoms with van der Waals surface area (Å²) in [6.07, 6.45) is 0. The summed E-state index contributed by atoms with van der Waals surface area (Å²) in [5, 5.41) is 0. The molecule has 0 bridgehead atoms. The number of hydrogen-bond acceptors (Lipinski definition) is 1. The minimum absolute atomic E-state index is 0. The van der Waals surface area contributed by atoms with Crippen molar-refractivity contribution in [3.05, 3.63) is 0 Å². The second-order valence-corrected chi connectivity index (χ2v) is 0. The van der Waals surface area contributed by atoms with E-state index in [0.717, 1.165) is 0 Å². The fourth-order valence-corrected chi connectivity index (χ4v) is 0. The zero-order valence-electron chi connectivity index (χ0n) is 3.82. The minimum atomic E-state index is 0. The van der Waals surface area contributed by atoms with Crippen molar-refractivity contribution in [3.63, 3.8) is 0 Å². The molecule has 0 aromatic rings. The van der Waals surface area contributed by atoms with Crippen LogP contribution in [0.15, 0.2) is 0 Å². The molecule has 0 saturated carbocycles. The third-order valence-corrected chi connectivity index (χ3v) is 0. The van der Waals surface area contributed by atoms with E-state index in [1.54, 1.807) is 0 Å². The van der Waals surface area contributed by atoms with E-state index < -0.39 is 0 Å². The Labute approximate surface area is 57.9 Å². The molecule has 0 heterocycles. The van der Waals surface area contributed by atoms with Crippen LogP contribution in [-0.4, -0.2) is 50.5 Å². The van der Waals surface area contributed by atoms with E-state index in [1.807, 2.05) is 0 Å². The number of rotatable bonds is 0. The fourth-order valence-electron chi connectivity index (χ4n) is 0. The molecule has 0 fully saturated rings. The second-order valence-electron chi connectivity index (χ2n) is 0. The molecule has 0 saturated heterocycles. The summed E-state index contributed by atoms with van der Waals surface area (Å²) in [7, 11) is 0.611. The third kappa shape index (κ3) is 10.3. The van der Waals surface area contributed by atoms with Crippen LogP contribution < -0.4 is 0 Å². The monoisotopic (exact) mass is 102 g/mol. The van der Waals surface area contributed by atoms with Gasteiger partial charge in [-0.1, -0.05) is 0 Å². The molecule has 0 aromatic carbocycles. The van der Waals surface area contributed by atoms with Crippen molar-refractivity contribution in [1.82, 2.24) is 0 Å². The van der Waals surface area contributed by atoms with Crippen molar-refractivity contribution in [3.8, 4) is 0 Å². The van der Waals surface area contributed by atoms with Crippen LogP contribution in [0.2, 0.25) is 0 Å². The predicted octanol–water partition coefficient (Wildman–Crippen LogP) is -2.37. The average Bonchev–Trinajstić information content (AvgIpc) is 1.00. The molecule has 0 spiro atoms. The Morgan fingerprint density at radius 3 is 1.50 bits per heavy atom. The summed E-state index contributed by atoms with van der Waals surface area (Å²) in [5.74, 6) is 0. The number of hydrogen-bond donors (Lipinski definition) is 0. The van der Waals surface area contributed by atoms with Crippen LogP contribution in [0.5, 0.6) is 0 Å². The van der Waals surface area contributed by atoms with Gasteiger partial charge in [0.25, 0.3) is 0 Å². The summed E-state index contributed by atoms with van der Waals surface area (Å²) in [6.45, 7) is 0. The first kappa shape index (κ1) is 18.5. The van der Waals surface area contributed by atoms with E-state index >= 15 is 0 Å². The van der Waals surface area contributed by atoms with Crippen molar-refractivity contribution in [1.29, 1.82) is 0 Å². The van der Waals surface area contributed by atoms with Gasteiger partial charge in [-0.3, -0.25) is 0 Å². The first-order valence-corrected chi connectivity index (χ1v) is 0.866. The fraction of sp³-hybridized carbons (Fsp3) is 0. The molecule has 0 aliphatic rings. The molecular weight excluding hydrogens is 95.4 g/mol. The Morgan fingerprint density at radius 1 is 1.50 bits per heavy atom. The van der Waals surface area contributed by atoms with Crippen LogP contribution in [0.25, 0.3) is 0 Å². The Kier molecular flexibility index (Phi) is 127. The molecular formula is H7AlMgOSi. The molecule has 4 heavy (non-hydrogen) atoms.